The molecule has 1 rings (SSSR count). The normalized spacial score (nSPS) is 39.7. The van der Waals surface area contributed by atoms with Crippen molar-refractivity contribution in [3.8, 4) is 0 Å². The van der Waals surface area contributed by atoms with Gasteiger partial charge in [0, 0.05) is 13.2 Å². The van der Waals surface area contributed by atoms with Gasteiger partial charge >= 0.3 is 0 Å². The van der Waals surface area contributed by atoms with E-state index in [9.17, 15) is 5.11 Å². The van der Waals surface area contributed by atoms with Crippen molar-refractivity contribution in [2.24, 2.45) is 5.73 Å². The number of rotatable bonds is 4. The molecule has 1 saturated carbocycles. The Morgan fingerprint density at radius 1 is 1.54 bits per heavy atom. The summed E-state index contributed by atoms with van der Waals surface area (Å²) >= 11 is 0. The zero-order chi connectivity index (χ0) is 9.84. The molecule has 78 valence electrons. The summed E-state index contributed by atoms with van der Waals surface area (Å²) in [6.45, 7) is 0.224. The minimum Gasteiger partial charge on any atom is -0.394 e. The molecule has 1 fully saturated rings. The number of methoxy groups -OCH3 is 1. The Morgan fingerprint density at radius 2 is 2.23 bits per heavy atom. The average Bonchev–Trinajstić information content (AvgIpc) is 2.39. The molecule has 0 spiro atoms. The molecular formula is C8H17NO4. The van der Waals surface area contributed by atoms with E-state index in [1.807, 2.05) is 0 Å². The van der Waals surface area contributed by atoms with Crippen LogP contribution in [0.4, 0.5) is 0 Å². The third-order valence-electron chi connectivity index (χ3n) is 2.34. The lowest BCUT2D eigenvalue weighted by Crippen LogP contribution is -2.38. The maximum atomic E-state index is 9.53. The predicted octanol–water partition coefficient (Wildman–Crippen LogP) is -1.53. The zero-order valence-corrected chi connectivity index (χ0v) is 7.72. The first-order valence-electron chi connectivity index (χ1n) is 4.39. The van der Waals surface area contributed by atoms with E-state index in [0.29, 0.717) is 6.42 Å². The molecule has 0 heterocycles. The van der Waals surface area contributed by atoms with Gasteiger partial charge in [0.15, 0.2) is 0 Å². The predicted molar refractivity (Wildman–Crippen MR) is 46.2 cm³/mol. The third kappa shape index (κ3) is 2.38. The molecule has 4 N–H and O–H groups in total. The van der Waals surface area contributed by atoms with Gasteiger partial charge in [-0.2, -0.15) is 0 Å². The molecule has 0 aromatic carbocycles. The van der Waals surface area contributed by atoms with E-state index >= 15 is 0 Å². The van der Waals surface area contributed by atoms with E-state index in [1.165, 1.54) is 7.11 Å². The summed E-state index contributed by atoms with van der Waals surface area (Å²) in [4.78, 5) is 0. The van der Waals surface area contributed by atoms with E-state index in [2.05, 4.69) is 0 Å². The topological polar surface area (TPSA) is 84.9 Å². The van der Waals surface area contributed by atoms with Crippen LogP contribution in [0.25, 0.3) is 0 Å². The summed E-state index contributed by atoms with van der Waals surface area (Å²) in [5.41, 5.74) is 5.63. The first-order valence-corrected chi connectivity index (χ1v) is 4.39. The SMILES string of the molecule is COC1C(OCCO)CC(N)C1O. The van der Waals surface area contributed by atoms with Gasteiger partial charge in [0.25, 0.3) is 0 Å². The van der Waals surface area contributed by atoms with Crippen molar-refractivity contribution in [2.45, 2.75) is 30.8 Å². The number of aliphatic hydroxyl groups is 2. The van der Waals surface area contributed by atoms with Crippen LogP contribution in [-0.4, -0.2) is 54.9 Å². The Hall–Kier alpha value is -0.200. The van der Waals surface area contributed by atoms with Crippen molar-refractivity contribution in [2.75, 3.05) is 20.3 Å². The van der Waals surface area contributed by atoms with E-state index in [-0.39, 0.29) is 31.5 Å². The summed E-state index contributed by atoms with van der Waals surface area (Å²) in [5.74, 6) is 0. The number of hydrogen-bond donors (Lipinski definition) is 3. The van der Waals surface area contributed by atoms with Crippen LogP contribution in [0.2, 0.25) is 0 Å². The van der Waals surface area contributed by atoms with Gasteiger partial charge in [0.2, 0.25) is 0 Å². The molecule has 4 atom stereocenters. The molecule has 5 heteroatoms. The maximum absolute atomic E-state index is 9.53. The van der Waals surface area contributed by atoms with E-state index in [0.717, 1.165) is 0 Å². The maximum Gasteiger partial charge on any atom is 0.111 e. The lowest BCUT2D eigenvalue weighted by Gasteiger charge is -2.20. The fourth-order valence-corrected chi connectivity index (χ4v) is 1.66. The van der Waals surface area contributed by atoms with Gasteiger partial charge in [-0.25, -0.2) is 0 Å². The van der Waals surface area contributed by atoms with Crippen LogP contribution in [0.5, 0.6) is 0 Å². The van der Waals surface area contributed by atoms with Crippen molar-refractivity contribution < 1.29 is 19.7 Å². The molecule has 0 radical (unpaired) electrons. The summed E-state index contributed by atoms with van der Waals surface area (Å²) in [7, 11) is 1.52. The molecule has 0 aromatic rings. The van der Waals surface area contributed by atoms with Crippen molar-refractivity contribution in [3.63, 3.8) is 0 Å². The highest BCUT2D eigenvalue weighted by molar-refractivity contribution is 4.95. The standard InChI is InChI=1S/C8H17NO4/c1-12-8-6(13-3-2-10)4-5(9)7(8)11/h5-8,10-11H,2-4,9H2,1H3. The third-order valence-corrected chi connectivity index (χ3v) is 2.34. The molecule has 1 aliphatic rings. The fourth-order valence-electron chi connectivity index (χ4n) is 1.66. The molecule has 5 nitrogen and oxygen atoms in total. The number of nitrogens with two attached hydrogens (primary N) is 1. The number of aliphatic hydroxyl groups excluding tert-OH is 2. The lowest BCUT2D eigenvalue weighted by molar-refractivity contribution is -0.0802. The van der Waals surface area contributed by atoms with Crippen molar-refractivity contribution in [3.05, 3.63) is 0 Å². The largest absolute Gasteiger partial charge is 0.394 e. The van der Waals surface area contributed by atoms with Gasteiger partial charge in [-0.05, 0) is 6.42 Å². The Kier molecular flexibility index (Phi) is 4.08. The van der Waals surface area contributed by atoms with Crippen molar-refractivity contribution in [1.82, 2.24) is 0 Å². The van der Waals surface area contributed by atoms with Gasteiger partial charge in [-0.1, -0.05) is 0 Å². The molecule has 0 aliphatic heterocycles. The van der Waals surface area contributed by atoms with Gasteiger partial charge < -0.3 is 25.4 Å². The Morgan fingerprint density at radius 3 is 2.77 bits per heavy atom. The lowest BCUT2D eigenvalue weighted by atomic mass is 10.2. The minimum atomic E-state index is -0.673. The average molecular weight is 191 g/mol. The summed E-state index contributed by atoms with van der Waals surface area (Å²) in [6, 6.07) is -0.298. The van der Waals surface area contributed by atoms with Gasteiger partial charge in [0.1, 0.15) is 6.10 Å². The summed E-state index contributed by atoms with van der Waals surface area (Å²) in [5, 5.41) is 18.1. The Bertz CT molecular complexity index is 155. The Balaban J connectivity index is 2.44. The smallest absolute Gasteiger partial charge is 0.111 e. The second-order valence-corrected chi connectivity index (χ2v) is 3.22. The summed E-state index contributed by atoms with van der Waals surface area (Å²) in [6.07, 6.45) is -0.683. The van der Waals surface area contributed by atoms with Crippen molar-refractivity contribution >= 4 is 0 Å². The molecule has 0 aromatic heterocycles. The van der Waals surface area contributed by atoms with Crippen LogP contribution in [-0.2, 0) is 9.47 Å². The van der Waals surface area contributed by atoms with Crippen LogP contribution >= 0.6 is 0 Å². The van der Waals surface area contributed by atoms with Crippen LogP contribution in [0.15, 0.2) is 0 Å². The molecule has 0 amide bonds. The highest BCUT2D eigenvalue weighted by atomic mass is 16.5. The highest BCUT2D eigenvalue weighted by Crippen LogP contribution is 2.24. The van der Waals surface area contributed by atoms with Crippen LogP contribution in [0.1, 0.15) is 6.42 Å². The van der Waals surface area contributed by atoms with E-state index in [1.54, 1.807) is 0 Å². The second-order valence-electron chi connectivity index (χ2n) is 3.22. The number of ether oxygens (including phenoxy) is 2. The molecule has 13 heavy (non-hydrogen) atoms. The van der Waals surface area contributed by atoms with E-state index < -0.39 is 6.10 Å². The van der Waals surface area contributed by atoms with Crippen LogP contribution in [0.3, 0.4) is 0 Å². The van der Waals surface area contributed by atoms with Crippen LogP contribution in [0, 0.1) is 0 Å². The summed E-state index contributed by atoms with van der Waals surface area (Å²) < 4.78 is 10.3. The first kappa shape index (κ1) is 10.9. The minimum absolute atomic E-state index is 0.0295. The molecule has 0 saturated heterocycles. The number of hydrogen-bond acceptors (Lipinski definition) is 5. The monoisotopic (exact) mass is 191 g/mol. The van der Waals surface area contributed by atoms with E-state index in [4.69, 9.17) is 20.3 Å². The quantitative estimate of drug-likeness (QED) is 0.502. The molecule has 1 aliphatic carbocycles. The molecular weight excluding hydrogens is 174 g/mol. The Labute approximate surface area is 77.4 Å². The van der Waals surface area contributed by atoms with Crippen LogP contribution < -0.4 is 5.73 Å². The zero-order valence-electron chi connectivity index (χ0n) is 7.72. The molecule has 4 unspecified atom stereocenters. The van der Waals surface area contributed by atoms with Crippen molar-refractivity contribution in [1.29, 1.82) is 0 Å². The van der Waals surface area contributed by atoms with Gasteiger partial charge in [0.05, 0.1) is 25.4 Å². The van der Waals surface area contributed by atoms with Gasteiger partial charge in [-0.15, -0.1) is 0 Å². The fraction of sp³-hybridized carbons (Fsp3) is 1.00. The van der Waals surface area contributed by atoms with Gasteiger partial charge in [-0.3, -0.25) is 0 Å². The highest BCUT2D eigenvalue weighted by Gasteiger charge is 2.41. The second kappa shape index (κ2) is 4.88. The first-order chi connectivity index (χ1) is 6.20. The molecule has 0 bridgehead atoms.